The Bertz CT molecular complexity index is 901. The van der Waals surface area contributed by atoms with Crippen LogP contribution in [0.1, 0.15) is 23.9 Å². The lowest BCUT2D eigenvalue weighted by Crippen LogP contribution is -2.39. The summed E-state index contributed by atoms with van der Waals surface area (Å²) in [5.74, 6) is 1.72. The number of nitrogens with zero attached hydrogens (tertiary/aromatic N) is 4. The summed E-state index contributed by atoms with van der Waals surface area (Å²) >= 11 is 0. The third kappa shape index (κ3) is 4.52. The summed E-state index contributed by atoms with van der Waals surface area (Å²) in [7, 11) is 0. The minimum Gasteiger partial charge on any atom is -0.333 e. The average Bonchev–Trinajstić information content (AvgIpc) is 3.12. The number of carbonyl (C=O) groups excluding carboxylic acids is 1. The van der Waals surface area contributed by atoms with Crippen LogP contribution < -0.4 is 5.73 Å². The smallest absolute Gasteiger partial charge is 0.224 e. The van der Waals surface area contributed by atoms with Gasteiger partial charge in [0.25, 0.3) is 0 Å². The number of hydrogen-bond acceptors (Lipinski definition) is 4. The zero-order valence-corrected chi connectivity index (χ0v) is 16.9. The number of amides is 1. The maximum atomic E-state index is 12.7. The highest BCUT2D eigenvalue weighted by atomic mass is 35.5. The molecule has 0 saturated heterocycles. The first-order chi connectivity index (χ1) is 12.7. The van der Waals surface area contributed by atoms with E-state index in [1.54, 1.807) is 0 Å². The van der Waals surface area contributed by atoms with E-state index in [1.165, 1.54) is 0 Å². The van der Waals surface area contributed by atoms with Gasteiger partial charge in [-0.3, -0.25) is 4.79 Å². The first kappa shape index (κ1) is 21.9. The molecule has 0 fully saturated rings. The van der Waals surface area contributed by atoms with Crippen LogP contribution in [-0.2, 0) is 17.9 Å². The van der Waals surface area contributed by atoms with E-state index >= 15 is 0 Å². The van der Waals surface area contributed by atoms with Crippen LogP contribution in [0.15, 0.2) is 60.7 Å². The van der Waals surface area contributed by atoms with E-state index in [4.69, 9.17) is 5.73 Å². The lowest BCUT2D eigenvalue weighted by molar-refractivity contribution is -0.133. The number of hydrogen-bond donors (Lipinski definition) is 1. The van der Waals surface area contributed by atoms with Crippen LogP contribution in [-0.4, -0.2) is 32.1 Å². The van der Waals surface area contributed by atoms with Gasteiger partial charge in [-0.05, 0) is 5.56 Å². The molecule has 148 valence electrons. The standard InChI is InChI=1S/C20H21N5O.2ClH/c21-17(15-7-3-1-4-8-15)13-19(26)24-11-12-25-18(14-24)22-23-20(25)16-9-5-2-6-10-16;;/h1-10,17H,11-14,21H2;2*1H. The Balaban J connectivity index is 0.00000140. The summed E-state index contributed by atoms with van der Waals surface area (Å²) in [6, 6.07) is 19.4. The summed E-state index contributed by atoms with van der Waals surface area (Å²) in [5.41, 5.74) is 8.21. The first-order valence-corrected chi connectivity index (χ1v) is 8.78. The van der Waals surface area contributed by atoms with Gasteiger partial charge in [-0.2, -0.15) is 0 Å². The Kier molecular flexibility index (Phi) is 7.57. The SMILES string of the molecule is Cl.Cl.NC(CC(=O)N1CCn2c(nnc2-c2ccccc2)C1)c1ccccc1. The van der Waals surface area contributed by atoms with Crippen LogP contribution in [0.2, 0.25) is 0 Å². The summed E-state index contributed by atoms with van der Waals surface area (Å²) in [4.78, 5) is 14.5. The summed E-state index contributed by atoms with van der Waals surface area (Å²) in [6.45, 7) is 1.81. The van der Waals surface area contributed by atoms with Crippen LogP contribution in [0.3, 0.4) is 0 Å². The second-order valence-electron chi connectivity index (χ2n) is 6.49. The zero-order chi connectivity index (χ0) is 17.9. The molecule has 3 aromatic rings. The number of benzene rings is 2. The summed E-state index contributed by atoms with van der Waals surface area (Å²) in [6.07, 6.45) is 0.295. The molecule has 28 heavy (non-hydrogen) atoms. The number of aromatic nitrogens is 3. The number of carbonyl (C=O) groups is 1. The van der Waals surface area contributed by atoms with Gasteiger partial charge in [0.1, 0.15) is 0 Å². The molecule has 0 bridgehead atoms. The second-order valence-corrected chi connectivity index (χ2v) is 6.49. The van der Waals surface area contributed by atoms with Gasteiger partial charge in [0.05, 0.1) is 6.54 Å². The molecule has 0 aliphatic carbocycles. The highest BCUT2D eigenvalue weighted by Gasteiger charge is 2.26. The maximum absolute atomic E-state index is 12.7. The lowest BCUT2D eigenvalue weighted by Gasteiger charge is -2.29. The van der Waals surface area contributed by atoms with Crippen LogP contribution >= 0.6 is 24.8 Å². The molecule has 1 atom stereocenters. The van der Waals surface area contributed by atoms with Crippen molar-refractivity contribution in [1.29, 1.82) is 0 Å². The van der Waals surface area contributed by atoms with Gasteiger partial charge in [0, 0.05) is 31.1 Å². The van der Waals surface area contributed by atoms with Crippen LogP contribution in [0, 0.1) is 0 Å². The molecule has 0 spiro atoms. The average molecular weight is 420 g/mol. The molecule has 1 unspecified atom stereocenters. The molecular weight excluding hydrogens is 397 g/mol. The van der Waals surface area contributed by atoms with Crippen LogP contribution in [0.5, 0.6) is 0 Å². The van der Waals surface area contributed by atoms with Crippen molar-refractivity contribution in [2.24, 2.45) is 5.73 Å². The van der Waals surface area contributed by atoms with Crippen molar-refractivity contribution in [2.45, 2.75) is 25.6 Å². The predicted octanol–water partition coefficient (Wildman–Crippen LogP) is 3.22. The van der Waals surface area contributed by atoms with Crippen molar-refractivity contribution in [2.75, 3.05) is 6.54 Å². The highest BCUT2D eigenvalue weighted by molar-refractivity contribution is 5.85. The minimum atomic E-state index is -0.289. The van der Waals surface area contributed by atoms with E-state index in [-0.39, 0.29) is 36.8 Å². The quantitative estimate of drug-likeness (QED) is 0.703. The zero-order valence-electron chi connectivity index (χ0n) is 15.3. The molecule has 2 N–H and O–H groups in total. The monoisotopic (exact) mass is 419 g/mol. The third-order valence-electron chi connectivity index (χ3n) is 4.76. The Labute approximate surface area is 176 Å². The van der Waals surface area contributed by atoms with Gasteiger partial charge in [0.2, 0.25) is 5.91 Å². The largest absolute Gasteiger partial charge is 0.333 e. The molecule has 0 radical (unpaired) electrons. The van der Waals surface area contributed by atoms with E-state index in [1.807, 2.05) is 65.6 Å². The van der Waals surface area contributed by atoms with Crippen LogP contribution in [0.4, 0.5) is 0 Å². The van der Waals surface area contributed by atoms with Crippen molar-refractivity contribution in [3.8, 4) is 11.4 Å². The molecule has 2 aromatic carbocycles. The van der Waals surface area contributed by atoms with Crippen molar-refractivity contribution in [3.63, 3.8) is 0 Å². The molecule has 1 aliphatic heterocycles. The fourth-order valence-electron chi connectivity index (χ4n) is 3.31. The summed E-state index contributed by atoms with van der Waals surface area (Å²) in [5, 5.41) is 8.61. The van der Waals surface area contributed by atoms with Gasteiger partial charge >= 0.3 is 0 Å². The van der Waals surface area contributed by atoms with Crippen molar-refractivity contribution >= 4 is 30.7 Å². The fraction of sp³-hybridized carbons (Fsp3) is 0.250. The van der Waals surface area contributed by atoms with Crippen LogP contribution in [0.25, 0.3) is 11.4 Å². The van der Waals surface area contributed by atoms with Gasteiger partial charge < -0.3 is 15.2 Å². The molecule has 2 heterocycles. The summed E-state index contributed by atoms with van der Waals surface area (Å²) < 4.78 is 2.09. The maximum Gasteiger partial charge on any atom is 0.224 e. The molecule has 8 heteroatoms. The van der Waals surface area contributed by atoms with Gasteiger partial charge in [0.15, 0.2) is 11.6 Å². The van der Waals surface area contributed by atoms with E-state index in [2.05, 4.69) is 14.8 Å². The van der Waals surface area contributed by atoms with Crippen molar-refractivity contribution < 1.29 is 4.79 Å². The number of nitrogens with two attached hydrogens (primary N) is 1. The van der Waals surface area contributed by atoms with Crippen molar-refractivity contribution in [3.05, 3.63) is 72.1 Å². The molecule has 1 amide bonds. The lowest BCUT2D eigenvalue weighted by atomic mass is 10.0. The Hall–Kier alpha value is -2.41. The fourth-order valence-corrected chi connectivity index (χ4v) is 3.31. The molecule has 0 saturated carbocycles. The van der Waals surface area contributed by atoms with Gasteiger partial charge in [-0.25, -0.2) is 0 Å². The van der Waals surface area contributed by atoms with Gasteiger partial charge in [-0.1, -0.05) is 60.7 Å². The number of halogens is 2. The Morgan fingerprint density at radius 2 is 1.61 bits per heavy atom. The molecule has 6 nitrogen and oxygen atoms in total. The Morgan fingerprint density at radius 3 is 2.29 bits per heavy atom. The topological polar surface area (TPSA) is 77.0 Å². The second kappa shape index (κ2) is 9.68. The van der Waals surface area contributed by atoms with Crippen molar-refractivity contribution in [1.82, 2.24) is 19.7 Å². The third-order valence-corrected chi connectivity index (χ3v) is 4.76. The molecular formula is C20H23Cl2N5O. The van der Waals surface area contributed by atoms with E-state index in [0.29, 0.717) is 26.1 Å². The predicted molar refractivity (Wildman–Crippen MR) is 113 cm³/mol. The number of rotatable bonds is 4. The highest BCUT2D eigenvalue weighted by Crippen LogP contribution is 2.23. The van der Waals surface area contributed by atoms with E-state index in [9.17, 15) is 4.79 Å². The normalized spacial score (nSPS) is 13.7. The van der Waals surface area contributed by atoms with E-state index in [0.717, 1.165) is 22.8 Å². The molecule has 1 aromatic heterocycles. The molecule has 4 rings (SSSR count). The minimum absolute atomic E-state index is 0. The first-order valence-electron chi connectivity index (χ1n) is 8.78. The number of fused-ring (bicyclic) bond motifs is 1. The Morgan fingerprint density at radius 1 is 0.964 bits per heavy atom. The van der Waals surface area contributed by atoms with E-state index < -0.39 is 0 Å². The molecule has 1 aliphatic rings. The van der Waals surface area contributed by atoms with Gasteiger partial charge in [-0.15, -0.1) is 35.0 Å².